The van der Waals surface area contributed by atoms with Crippen LogP contribution in [0.4, 0.5) is 11.5 Å². The fourth-order valence-electron chi connectivity index (χ4n) is 1.14. The molecule has 7 heteroatoms. The quantitative estimate of drug-likeness (QED) is 0.610. The van der Waals surface area contributed by atoms with Crippen molar-refractivity contribution in [2.24, 2.45) is 0 Å². The van der Waals surface area contributed by atoms with E-state index in [-0.39, 0.29) is 11.5 Å². The van der Waals surface area contributed by atoms with Gasteiger partial charge in [0, 0.05) is 12.3 Å². The molecule has 17 heavy (non-hydrogen) atoms. The minimum atomic E-state index is -1.33. The molecule has 92 valence electrons. The molecule has 0 radical (unpaired) electrons. The zero-order valence-corrected chi connectivity index (χ0v) is 9.72. The molecule has 0 saturated carbocycles. The fraction of sp³-hybridized carbons (Fsp3) is 0.400. The Morgan fingerprint density at radius 3 is 2.65 bits per heavy atom. The van der Waals surface area contributed by atoms with Crippen LogP contribution in [0.5, 0.6) is 0 Å². The number of nitrogens with zero attached hydrogens (tertiary/aromatic N) is 2. The van der Waals surface area contributed by atoms with Crippen LogP contribution in [0.1, 0.15) is 19.4 Å². The summed E-state index contributed by atoms with van der Waals surface area (Å²) in [6.07, 6.45) is 1.44. The fourth-order valence-corrected chi connectivity index (χ4v) is 1.14. The highest BCUT2D eigenvalue weighted by molar-refractivity contribution is 5.82. The summed E-state index contributed by atoms with van der Waals surface area (Å²) in [7, 11) is 0. The van der Waals surface area contributed by atoms with Crippen molar-refractivity contribution in [3.05, 3.63) is 27.9 Å². The number of nitro groups is 1. The predicted molar refractivity (Wildman–Crippen MR) is 61.0 cm³/mol. The third-order valence-electron chi connectivity index (χ3n) is 2.17. The van der Waals surface area contributed by atoms with E-state index in [9.17, 15) is 14.9 Å². The molecule has 0 atom stereocenters. The van der Waals surface area contributed by atoms with E-state index < -0.39 is 16.4 Å². The number of aryl methyl sites for hydroxylation is 1. The molecule has 0 saturated heterocycles. The number of hydrogen-bond donors (Lipinski definition) is 2. The van der Waals surface area contributed by atoms with E-state index in [0.717, 1.165) is 0 Å². The number of anilines is 1. The maximum Gasteiger partial charge on any atom is 0.328 e. The summed E-state index contributed by atoms with van der Waals surface area (Å²) in [4.78, 5) is 25.0. The van der Waals surface area contributed by atoms with Crippen molar-refractivity contribution < 1.29 is 14.8 Å². The first-order valence-electron chi connectivity index (χ1n) is 4.86. The molecule has 0 aliphatic heterocycles. The molecule has 0 aromatic carbocycles. The summed E-state index contributed by atoms with van der Waals surface area (Å²) in [6, 6.07) is 1.34. The van der Waals surface area contributed by atoms with Crippen molar-refractivity contribution in [1.82, 2.24) is 4.98 Å². The third-order valence-corrected chi connectivity index (χ3v) is 2.17. The number of aromatic nitrogens is 1. The second-order valence-electron chi connectivity index (χ2n) is 4.19. The summed E-state index contributed by atoms with van der Waals surface area (Å²) in [6.45, 7) is 4.48. The zero-order chi connectivity index (χ0) is 13.2. The highest BCUT2D eigenvalue weighted by atomic mass is 16.6. The van der Waals surface area contributed by atoms with Crippen molar-refractivity contribution in [2.45, 2.75) is 26.3 Å². The Morgan fingerprint density at radius 2 is 2.18 bits per heavy atom. The Hall–Kier alpha value is -2.18. The van der Waals surface area contributed by atoms with Crippen LogP contribution in [0.15, 0.2) is 12.3 Å². The van der Waals surface area contributed by atoms with E-state index in [0.29, 0.717) is 5.56 Å². The van der Waals surface area contributed by atoms with Crippen LogP contribution in [0.2, 0.25) is 0 Å². The smallest absolute Gasteiger partial charge is 0.328 e. The minimum absolute atomic E-state index is 0.0481. The van der Waals surface area contributed by atoms with Crippen LogP contribution < -0.4 is 5.32 Å². The summed E-state index contributed by atoms with van der Waals surface area (Å²) in [5.74, 6) is -1.16. The molecule has 0 aliphatic carbocycles. The number of carbonyl (C=O) groups is 1. The van der Waals surface area contributed by atoms with E-state index in [1.54, 1.807) is 6.92 Å². The molecule has 1 heterocycles. The summed E-state index contributed by atoms with van der Waals surface area (Å²) < 4.78 is 0. The molecule has 0 fully saturated rings. The van der Waals surface area contributed by atoms with Crippen LogP contribution >= 0.6 is 0 Å². The zero-order valence-electron chi connectivity index (χ0n) is 9.72. The lowest BCUT2D eigenvalue weighted by Gasteiger charge is -2.21. The molecule has 0 aliphatic rings. The van der Waals surface area contributed by atoms with Crippen molar-refractivity contribution >= 4 is 17.5 Å². The standard InChI is InChI=1S/C10H13N3O4/c1-6-4-7(13(16)17)8(11-5-6)12-10(2,3)9(14)15/h4-5H,1-3H3,(H,11,12)(H,14,15). The van der Waals surface area contributed by atoms with Crippen molar-refractivity contribution in [3.63, 3.8) is 0 Å². The number of nitrogens with one attached hydrogen (secondary N) is 1. The van der Waals surface area contributed by atoms with Crippen molar-refractivity contribution in [2.75, 3.05) is 5.32 Å². The lowest BCUT2D eigenvalue weighted by Crippen LogP contribution is -2.40. The van der Waals surface area contributed by atoms with Gasteiger partial charge in [-0.15, -0.1) is 0 Å². The molecule has 2 N–H and O–H groups in total. The van der Waals surface area contributed by atoms with Gasteiger partial charge in [0.2, 0.25) is 5.82 Å². The lowest BCUT2D eigenvalue weighted by atomic mass is 10.1. The number of rotatable bonds is 4. The van der Waals surface area contributed by atoms with Gasteiger partial charge in [0.1, 0.15) is 5.54 Å². The lowest BCUT2D eigenvalue weighted by molar-refractivity contribution is -0.384. The van der Waals surface area contributed by atoms with Gasteiger partial charge in [-0.1, -0.05) is 0 Å². The molecule has 0 unspecified atom stereocenters. The van der Waals surface area contributed by atoms with Gasteiger partial charge in [-0.2, -0.15) is 0 Å². The van der Waals surface area contributed by atoms with Crippen molar-refractivity contribution in [3.8, 4) is 0 Å². The van der Waals surface area contributed by atoms with E-state index in [4.69, 9.17) is 5.11 Å². The van der Waals surface area contributed by atoms with E-state index in [1.807, 2.05) is 0 Å². The number of hydrogen-bond acceptors (Lipinski definition) is 5. The Kier molecular flexibility index (Phi) is 3.31. The van der Waals surface area contributed by atoms with Crippen LogP contribution in [-0.2, 0) is 4.79 Å². The van der Waals surface area contributed by atoms with E-state index in [2.05, 4.69) is 10.3 Å². The second kappa shape index (κ2) is 4.36. The van der Waals surface area contributed by atoms with Gasteiger partial charge in [-0.3, -0.25) is 10.1 Å². The summed E-state index contributed by atoms with van der Waals surface area (Å²) >= 11 is 0. The molecule has 0 spiro atoms. The van der Waals surface area contributed by atoms with Gasteiger partial charge < -0.3 is 10.4 Å². The van der Waals surface area contributed by atoms with Crippen molar-refractivity contribution in [1.29, 1.82) is 0 Å². The molecular weight excluding hydrogens is 226 g/mol. The highest BCUT2D eigenvalue weighted by Crippen LogP contribution is 2.25. The maximum absolute atomic E-state index is 10.9. The number of aliphatic carboxylic acids is 1. The molecule has 0 bridgehead atoms. The highest BCUT2D eigenvalue weighted by Gasteiger charge is 2.30. The summed E-state index contributed by atoms with van der Waals surface area (Å²) in [5, 5.41) is 22.3. The van der Waals surface area contributed by atoms with Crippen LogP contribution in [0, 0.1) is 17.0 Å². The van der Waals surface area contributed by atoms with Crippen LogP contribution in [-0.4, -0.2) is 26.5 Å². The average Bonchev–Trinajstić information content (AvgIpc) is 2.19. The topological polar surface area (TPSA) is 105 Å². The SMILES string of the molecule is Cc1cnc(NC(C)(C)C(=O)O)c([N+](=O)[O-])c1. The monoisotopic (exact) mass is 239 g/mol. The molecule has 1 rings (SSSR count). The average molecular weight is 239 g/mol. The Morgan fingerprint density at radius 1 is 1.59 bits per heavy atom. The summed E-state index contributed by atoms with van der Waals surface area (Å²) in [5.41, 5.74) is -0.928. The Labute approximate surface area is 97.6 Å². The van der Waals surface area contributed by atoms with E-state index in [1.165, 1.54) is 26.1 Å². The van der Waals surface area contributed by atoms with Gasteiger partial charge >= 0.3 is 11.7 Å². The normalized spacial score (nSPS) is 11.0. The van der Waals surface area contributed by atoms with Crippen LogP contribution in [0.25, 0.3) is 0 Å². The number of pyridine rings is 1. The molecule has 1 aromatic heterocycles. The van der Waals surface area contributed by atoms with Gasteiger partial charge in [-0.05, 0) is 26.3 Å². The van der Waals surface area contributed by atoms with Gasteiger partial charge in [-0.25, -0.2) is 9.78 Å². The molecule has 1 aromatic rings. The van der Waals surface area contributed by atoms with E-state index >= 15 is 0 Å². The predicted octanol–water partition coefficient (Wildman–Crippen LogP) is 1.57. The van der Waals surface area contributed by atoms with Gasteiger partial charge in [0.05, 0.1) is 4.92 Å². The first-order valence-corrected chi connectivity index (χ1v) is 4.86. The largest absolute Gasteiger partial charge is 0.480 e. The Bertz CT molecular complexity index is 471. The van der Waals surface area contributed by atoms with Crippen LogP contribution in [0.3, 0.4) is 0 Å². The molecule has 7 nitrogen and oxygen atoms in total. The third kappa shape index (κ3) is 2.90. The molecular formula is C10H13N3O4. The minimum Gasteiger partial charge on any atom is -0.480 e. The maximum atomic E-state index is 10.9. The number of carboxylic acid groups (broad SMARTS) is 1. The second-order valence-corrected chi connectivity index (χ2v) is 4.19. The number of carboxylic acids is 1. The first kappa shape index (κ1) is 12.9. The first-order chi connectivity index (χ1) is 7.74. The Balaban J connectivity index is 3.15. The van der Waals surface area contributed by atoms with Gasteiger partial charge in [0.15, 0.2) is 0 Å². The molecule has 0 amide bonds. The van der Waals surface area contributed by atoms with Gasteiger partial charge in [0.25, 0.3) is 0 Å².